The summed E-state index contributed by atoms with van der Waals surface area (Å²) in [7, 11) is 1.15. The van der Waals surface area contributed by atoms with Gasteiger partial charge in [0.15, 0.2) is 0 Å². The van der Waals surface area contributed by atoms with Gasteiger partial charge in [0.05, 0.1) is 13.5 Å². The maximum atomic E-state index is 11.7. The van der Waals surface area contributed by atoms with E-state index in [2.05, 4.69) is 10.1 Å². The number of methoxy groups -OCH3 is 1. The van der Waals surface area contributed by atoms with E-state index >= 15 is 0 Å². The first-order chi connectivity index (χ1) is 9.93. The van der Waals surface area contributed by atoms with Gasteiger partial charge < -0.3 is 20.9 Å². The van der Waals surface area contributed by atoms with Crippen molar-refractivity contribution in [3.05, 3.63) is 29.8 Å². The molecule has 0 radical (unpaired) electrons. The number of hydrogen-bond acceptors (Lipinski definition) is 5. The third-order valence-electron chi connectivity index (χ3n) is 2.91. The number of nitrogens with one attached hydrogen (secondary N) is 1. The van der Waals surface area contributed by atoms with Crippen molar-refractivity contribution in [1.29, 1.82) is 0 Å². The Kier molecular flexibility index (Phi) is 6.19. The van der Waals surface area contributed by atoms with Gasteiger partial charge in [0, 0.05) is 12.1 Å². The number of carboxylic acids is 1. The van der Waals surface area contributed by atoms with Gasteiger partial charge in [-0.25, -0.2) is 4.79 Å². The molecule has 0 bridgehead atoms. The minimum atomic E-state index is -1.29. The van der Waals surface area contributed by atoms with Crippen LogP contribution in [0.1, 0.15) is 18.4 Å². The quantitative estimate of drug-likeness (QED) is 0.492. The summed E-state index contributed by atoms with van der Waals surface area (Å²) in [5, 5.41) is 11.2. The fourth-order valence-corrected chi connectivity index (χ4v) is 1.73. The van der Waals surface area contributed by atoms with Crippen LogP contribution in [0, 0.1) is 0 Å². The molecule has 0 spiro atoms. The van der Waals surface area contributed by atoms with Crippen LogP contribution in [-0.2, 0) is 25.5 Å². The third kappa shape index (κ3) is 5.52. The Bertz CT molecular complexity index is 530. The molecule has 1 rings (SSSR count). The highest BCUT2D eigenvalue weighted by molar-refractivity contribution is 5.87. The van der Waals surface area contributed by atoms with Crippen molar-refractivity contribution in [2.24, 2.45) is 0 Å². The second kappa shape index (κ2) is 7.88. The number of hydrogen-bond donors (Lipinski definition) is 3. The summed E-state index contributed by atoms with van der Waals surface area (Å²) in [6, 6.07) is 5.82. The van der Waals surface area contributed by atoms with Gasteiger partial charge in [0.1, 0.15) is 6.04 Å². The number of anilines is 1. The Labute approximate surface area is 122 Å². The molecule has 7 heteroatoms. The van der Waals surface area contributed by atoms with E-state index in [9.17, 15) is 14.4 Å². The van der Waals surface area contributed by atoms with Gasteiger partial charge in [0.25, 0.3) is 0 Å². The monoisotopic (exact) mass is 294 g/mol. The van der Waals surface area contributed by atoms with Crippen LogP contribution < -0.4 is 11.1 Å². The Morgan fingerprint density at radius 3 is 2.57 bits per heavy atom. The molecule has 1 aromatic carbocycles. The van der Waals surface area contributed by atoms with Crippen molar-refractivity contribution in [3.63, 3.8) is 0 Å². The number of esters is 1. The molecule has 0 aromatic heterocycles. The lowest BCUT2D eigenvalue weighted by Crippen LogP contribution is -2.42. The number of amides is 1. The summed E-state index contributed by atoms with van der Waals surface area (Å²) in [6.07, 6.45) is 0.0628. The van der Waals surface area contributed by atoms with E-state index in [0.717, 1.165) is 12.7 Å². The average molecular weight is 294 g/mol. The molecule has 4 N–H and O–H groups in total. The Balaban J connectivity index is 2.53. The van der Waals surface area contributed by atoms with Crippen molar-refractivity contribution < 1.29 is 24.2 Å². The molecule has 0 fully saturated rings. The van der Waals surface area contributed by atoms with Crippen LogP contribution in [0.15, 0.2) is 24.3 Å². The zero-order valence-electron chi connectivity index (χ0n) is 11.7. The van der Waals surface area contributed by atoms with Crippen LogP contribution in [0.3, 0.4) is 0 Å². The van der Waals surface area contributed by atoms with E-state index in [1.54, 1.807) is 24.3 Å². The number of aliphatic carboxylic acids is 1. The highest BCUT2D eigenvalue weighted by Gasteiger charge is 2.23. The van der Waals surface area contributed by atoms with Gasteiger partial charge in [-0.15, -0.1) is 0 Å². The first-order valence-corrected chi connectivity index (χ1v) is 6.36. The van der Waals surface area contributed by atoms with Crippen molar-refractivity contribution in [2.45, 2.75) is 25.3 Å². The first-order valence-electron chi connectivity index (χ1n) is 6.36. The minimum absolute atomic E-state index is 0.0825. The molecule has 7 nitrogen and oxygen atoms in total. The summed E-state index contributed by atoms with van der Waals surface area (Å²) >= 11 is 0. The molecule has 1 aromatic rings. The van der Waals surface area contributed by atoms with E-state index in [1.807, 2.05) is 0 Å². The van der Waals surface area contributed by atoms with Crippen LogP contribution in [0.2, 0.25) is 0 Å². The number of ether oxygens (including phenoxy) is 1. The van der Waals surface area contributed by atoms with Crippen LogP contribution in [-0.4, -0.2) is 36.1 Å². The number of benzene rings is 1. The number of para-hydroxylation sites is 1. The molecule has 0 saturated heterocycles. The van der Waals surface area contributed by atoms with Crippen molar-refractivity contribution in [1.82, 2.24) is 5.32 Å². The molecule has 114 valence electrons. The van der Waals surface area contributed by atoms with E-state index in [1.165, 1.54) is 0 Å². The standard InChI is InChI=1S/C14H18N2O5/c1-21-13(18)8-11(14(19)20)16-12(17)7-6-9-4-2-3-5-10(9)15/h2-5,11H,6-8,15H2,1H3,(H,16,17)(H,19,20)/t11-/m0/s1. The predicted octanol–water partition coefficient (Wildman–Crippen LogP) is 0.334. The molecule has 0 unspecified atom stereocenters. The Morgan fingerprint density at radius 2 is 2.00 bits per heavy atom. The van der Waals surface area contributed by atoms with Gasteiger partial charge in [-0.05, 0) is 18.1 Å². The SMILES string of the molecule is COC(=O)C[C@H](NC(=O)CCc1ccccc1N)C(=O)O. The molecule has 0 saturated carbocycles. The zero-order chi connectivity index (χ0) is 15.8. The second-order valence-corrected chi connectivity index (χ2v) is 4.44. The fourth-order valence-electron chi connectivity index (χ4n) is 1.73. The van der Waals surface area contributed by atoms with Crippen molar-refractivity contribution in [3.8, 4) is 0 Å². The summed E-state index contributed by atoms with van der Waals surface area (Å²) in [6.45, 7) is 0. The van der Waals surface area contributed by atoms with Crippen molar-refractivity contribution >= 4 is 23.5 Å². The van der Waals surface area contributed by atoms with E-state index < -0.39 is 30.3 Å². The average Bonchev–Trinajstić information content (AvgIpc) is 2.45. The Morgan fingerprint density at radius 1 is 1.33 bits per heavy atom. The fraction of sp³-hybridized carbons (Fsp3) is 0.357. The number of aryl methyl sites for hydroxylation is 1. The Hall–Kier alpha value is -2.57. The molecular weight excluding hydrogens is 276 g/mol. The highest BCUT2D eigenvalue weighted by Crippen LogP contribution is 2.12. The number of carbonyl (C=O) groups excluding carboxylic acids is 2. The summed E-state index contributed by atoms with van der Waals surface area (Å²) in [4.78, 5) is 33.8. The van der Waals surface area contributed by atoms with Gasteiger partial charge >= 0.3 is 11.9 Å². The number of nitrogen functional groups attached to an aromatic ring is 1. The maximum Gasteiger partial charge on any atom is 0.326 e. The normalized spacial score (nSPS) is 11.5. The van der Waals surface area contributed by atoms with Gasteiger partial charge in [-0.2, -0.15) is 0 Å². The lowest BCUT2D eigenvalue weighted by atomic mass is 10.1. The summed E-state index contributed by atoms with van der Waals surface area (Å²) in [5.41, 5.74) is 7.14. The van der Waals surface area contributed by atoms with E-state index in [-0.39, 0.29) is 6.42 Å². The molecule has 21 heavy (non-hydrogen) atoms. The lowest BCUT2D eigenvalue weighted by Gasteiger charge is -2.13. The molecule has 1 amide bonds. The van der Waals surface area contributed by atoms with Crippen molar-refractivity contribution in [2.75, 3.05) is 12.8 Å². The molecule has 0 aliphatic rings. The van der Waals surface area contributed by atoms with Crippen LogP contribution >= 0.6 is 0 Å². The number of carbonyl (C=O) groups is 3. The van der Waals surface area contributed by atoms with Gasteiger partial charge in [-0.1, -0.05) is 18.2 Å². The summed E-state index contributed by atoms with van der Waals surface area (Å²) < 4.78 is 4.39. The number of carboxylic acid groups (broad SMARTS) is 1. The third-order valence-corrected chi connectivity index (χ3v) is 2.91. The smallest absolute Gasteiger partial charge is 0.326 e. The maximum absolute atomic E-state index is 11.7. The number of rotatable bonds is 7. The first kappa shape index (κ1) is 16.5. The van der Waals surface area contributed by atoms with Gasteiger partial charge in [-0.3, -0.25) is 9.59 Å². The number of nitrogens with two attached hydrogens (primary N) is 1. The topological polar surface area (TPSA) is 119 Å². The van der Waals surface area contributed by atoms with Gasteiger partial charge in [0.2, 0.25) is 5.91 Å². The lowest BCUT2D eigenvalue weighted by molar-refractivity contribution is -0.148. The molecule has 0 aliphatic carbocycles. The van der Waals surface area contributed by atoms with Crippen LogP contribution in [0.4, 0.5) is 5.69 Å². The second-order valence-electron chi connectivity index (χ2n) is 4.44. The molecule has 0 aliphatic heterocycles. The van der Waals surface area contributed by atoms with Crippen LogP contribution in [0.25, 0.3) is 0 Å². The molecule has 1 atom stereocenters. The summed E-state index contributed by atoms with van der Waals surface area (Å²) in [5.74, 6) is -2.45. The zero-order valence-corrected chi connectivity index (χ0v) is 11.7. The van der Waals surface area contributed by atoms with Crippen LogP contribution in [0.5, 0.6) is 0 Å². The molecule has 0 heterocycles. The molecular formula is C14H18N2O5. The largest absolute Gasteiger partial charge is 0.480 e. The minimum Gasteiger partial charge on any atom is -0.480 e. The van der Waals surface area contributed by atoms with E-state index in [0.29, 0.717) is 12.1 Å². The van der Waals surface area contributed by atoms with E-state index in [4.69, 9.17) is 10.8 Å². The predicted molar refractivity (Wildman–Crippen MR) is 75.4 cm³/mol. The highest BCUT2D eigenvalue weighted by atomic mass is 16.5.